The molecule has 14 heavy (non-hydrogen) atoms. The molecule has 0 saturated carbocycles. The van der Waals surface area contributed by atoms with E-state index in [1.54, 1.807) is 0 Å². The molecule has 0 fully saturated rings. The number of ether oxygens (including phenoxy) is 1. The van der Waals surface area contributed by atoms with Crippen LogP contribution in [0.4, 0.5) is 4.39 Å². The van der Waals surface area contributed by atoms with Gasteiger partial charge in [0.2, 0.25) is 0 Å². The van der Waals surface area contributed by atoms with E-state index in [2.05, 4.69) is 5.32 Å². The van der Waals surface area contributed by atoms with Gasteiger partial charge in [-0.3, -0.25) is 0 Å². The summed E-state index contributed by atoms with van der Waals surface area (Å²) in [6.45, 7) is 0.688. The zero-order valence-corrected chi connectivity index (χ0v) is 8.99. The fourth-order valence-electron chi connectivity index (χ4n) is 1.28. The Morgan fingerprint density at radius 2 is 2.21 bits per heavy atom. The molecule has 0 aliphatic heterocycles. The van der Waals surface area contributed by atoms with E-state index in [4.69, 9.17) is 16.3 Å². The van der Waals surface area contributed by atoms with Crippen LogP contribution in [0.2, 0.25) is 5.02 Å². The Bertz CT molecular complexity index is 317. The molecule has 78 valence electrons. The maximum absolute atomic E-state index is 13.4. The van der Waals surface area contributed by atoms with E-state index in [0.29, 0.717) is 29.3 Å². The molecule has 0 aliphatic carbocycles. The highest BCUT2D eigenvalue weighted by Gasteiger charge is 2.12. The highest BCUT2D eigenvalue weighted by molar-refractivity contribution is 6.32. The van der Waals surface area contributed by atoms with Gasteiger partial charge in [0.1, 0.15) is 11.6 Å². The minimum atomic E-state index is -0.276. The van der Waals surface area contributed by atoms with Crippen LogP contribution < -0.4 is 10.1 Å². The number of nitrogens with one attached hydrogen (secondary N) is 1. The Balaban J connectivity index is 3.03. The van der Waals surface area contributed by atoms with Gasteiger partial charge in [-0.25, -0.2) is 4.39 Å². The Hall–Kier alpha value is -0.800. The molecule has 1 rings (SSSR count). The summed E-state index contributed by atoms with van der Waals surface area (Å²) < 4.78 is 18.4. The van der Waals surface area contributed by atoms with Gasteiger partial charge in [0, 0.05) is 5.56 Å². The summed E-state index contributed by atoms with van der Waals surface area (Å²) in [4.78, 5) is 0. The SMILES string of the molecule is CNCCc1c(F)ccc(Cl)c1OC. The number of hydrogen-bond donors (Lipinski definition) is 1. The third kappa shape index (κ3) is 2.36. The van der Waals surface area contributed by atoms with Gasteiger partial charge in [-0.1, -0.05) is 11.6 Å². The fourth-order valence-corrected chi connectivity index (χ4v) is 1.53. The summed E-state index contributed by atoms with van der Waals surface area (Å²) >= 11 is 5.87. The van der Waals surface area contributed by atoms with Crippen LogP contribution in [0.3, 0.4) is 0 Å². The van der Waals surface area contributed by atoms with Crippen molar-refractivity contribution in [2.24, 2.45) is 0 Å². The van der Waals surface area contributed by atoms with Gasteiger partial charge < -0.3 is 10.1 Å². The van der Waals surface area contributed by atoms with Crippen molar-refractivity contribution in [1.82, 2.24) is 5.32 Å². The molecule has 0 saturated heterocycles. The highest BCUT2D eigenvalue weighted by atomic mass is 35.5. The second kappa shape index (κ2) is 5.17. The first-order valence-electron chi connectivity index (χ1n) is 4.36. The molecular formula is C10H13ClFNO. The maximum atomic E-state index is 13.4. The molecule has 0 spiro atoms. The van der Waals surface area contributed by atoms with Crippen LogP contribution in [0.5, 0.6) is 5.75 Å². The Labute approximate surface area is 88.0 Å². The van der Waals surface area contributed by atoms with Crippen LogP contribution in [0.25, 0.3) is 0 Å². The third-order valence-electron chi connectivity index (χ3n) is 1.98. The van der Waals surface area contributed by atoms with Gasteiger partial charge in [-0.2, -0.15) is 0 Å². The monoisotopic (exact) mass is 217 g/mol. The lowest BCUT2D eigenvalue weighted by molar-refractivity contribution is 0.404. The van der Waals surface area contributed by atoms with E-state index >= 15 is 0 Å². The largest absolute Gasteiger partial charge is 0.495 e. The first kappa shape index (κ1) is 11.3. The summed E-state index contributed by atoms with van der Waals surface area (Å²) in [5, 5.41) is 3.39. The molecule has 0 amide bonds. The van der Waals surface area contributed by atoms with Crippen LogP contribution in [0, 0.1) is 5.82 Å². The van der Waals surface area contributed by atoms with E-state index in [9.17, 15) is 4.39 Å². The van der Waals surface area contributed by atoms with Crippen LogP contribution in [-0.2, 0) is 6.42 Å². The molecule has 0 bridgehead atoms. The topological polar surface area (TPSA) is 21.3 Å². The van der Waals surface area contributed by atoms with Crippen LogP contribution in [0.1, 0.15) is 5.56 Å². The smallest absolute Gasteiger partial charge is 0.143 e. The summed E-state index contributed by atoms with van der Waals surface area (Å²) in [7, 11) is 3.30. The van der Waals surface area contributed by atoms with Crippen molar-refractivity contribution in [2.75, 3.05) is 20.7 Å². The van der Waals surface area contributed by atoms with Crippen LogP contribution >= 0.6 is 11.6 Å². The van der Waals surface area contributed by atoms with E-state index in [1.807, 2.05) is 7.05 Å². The average Bonchev–Trinajstić information content (AvgIpc) is 2.19. The van der Waals surface area contributed by atoms with E-state index < -0.39 is 0 Å². The Morgan fingerprint density at radius 3 is 2.79 bits per heavy atom. The van der Waals surface area contributed by atoms with Gasteiger partial charge in [-0.15, -0.1) is 0 Å². The van der Waals surface area contributed by atoms with Crippen LogP contribution in [-0.4, -0.2) is 20.7 Å². The first-order valence-corrected chi connectivity index (χ1v) is 4.74. The normalized spacial score (nSPS) is 10.3. The molecule has 0 unspecified atom stereocenters. The molecule has 1 aromatic carbocycles. The molecule has 0 aromatic heterocycles. The fraction of sp³-hybridized carbons (Fsp3) is 0.400. The van der Waals surface area contributed by atoms with E-state index in [-0.39, 0.29) is 5.82 Å². The van der Waals surface area contributed by atoms with Gasteiger partial charge in [0.05, 0.1) is 12.1 Å². The van der Waals surface area contributed by atoms with Crippen molar-refractivity contribution in [3.8, 4) is 5.75 Å². The van der Waals surface area contributed by atoms with E-state index in [0.717, 1.165) is 0 Å². The van der Waals surface area contributed by atoms with E-state index in [1.165, 1.54) is 19.2 Å². The van der Waals surface area contributed by atoms with Crippen LogP contribution in [0.15, 0.2) is 12.1 Å². The lowest BCUT2D eigenvalue weighted by atomic mass is 10.1. The molecule has 0 heterocycles. The predicted octanol–water partition coefficient (Wildman–Crippen LogP) is 2.25. The number of hydrogen-bond acceptors (Lipinski definition) is 2. The number of halogens is 2. The van der Waals surface area contributed by atoms with Crippen molar-refractivity contribution < 1.29 is 9.13 Å². The van der Waals surface area contributed by atoms with Crippen molar-refractivity contribution in [3.63, 3.8) is 0 Å². The summed E-state index contributed by atoms with van der Waals surface area (Å²) in [5.41, 5.74) is 0.523. The maximum Gasteiger partial charge on any atom is 0.143 e. The second-order valence-corrected chi connectivity index (χ2v) is 3.30. The van der Waals surface area contributed by atoms with Gasteiger partial charge in [0.25, 0.3) is 0 Å². The summed E-state index contributed by atoms with van der Waals surface area (Å²) in [6, 6.07) is 2.86. The molecule has 0 aliphatic rings. The lowest BCUT2D eigenvalue weighted by Crippen LogP contribution is -2.12. The zero-order chi connectivity index (χ0) is 10.6. The number of likely N-dealkylation sites (N-methyl/N-ethyl adjacent to an activating group) is 1. The van der Waals surface area contributed by atoms with Crippen molar-refractivity contribution >= 4 is 11.6 Å². The molecular weight excluding hydrogens is 205 g/mol. The Kier molecular flexibility index (Phi) is 4.17. The molecule has 0 radical (unpaired) electrons. The Morgan fingerprint density at radius 1 is 1.50 bits per heavy atom. The van der Waals surface area contributed by atoms with Gasteiger partial charge in [-0.05, 0) is 32.1 Å². The minimum Gasteiger partial charge on any atom is -0.495 e. The van der Waals surface area contributed by atoms with Gasteiger partial charge >= 0.3 is 0 Å². The minimum absolute atomic E-state index is 0.276. The number of benzene rings is 1. The van der Waals surface area contributed by atoms with Crippen molar-refractivity contribution in [1.29, 1.82) is 0 Å². The standard InChI is InChI=1S/C10H13ClFNO/c1-13-6-5-7-9(12)4-3-8(11)10(7)14-2/h3-4,13H,5-6H2,1-2H3. The van der Waals surface area contributed by atoms with Gasteiger partial charge in [0.15, 0.2) is 0 Å². The molecule has 1 aromatic rings. The third-order valence-corrected chi connectivity index (χ3v) is 2.28. The van der Waals surface area contributed by atoms with Crippen molar-refractivity contribution in [3.05, 3.63) is 28.5 Å². The average molecular weight is 218 g/mol. The molecule has 1 N–H and O–H groups in total. The summed E-state index contributed by atoms with van der Waals surface area (Å²) in [5.74, 6) is 0.156. The molecule has 4 heteroatoms. The lowest BCUT2D eigenvalue weighted by Gasteiger charge is -2.10. The zero-order valence-electron chi connectivity index (χ0n) is 8.23. The number of methoxy groups -OCH3 is 1. The highest BCUT2D eigenvalue weighted by Crippen LogP contribution is 2.30. The first-order chi connectivity index (χ1) is 6.70. The molecule has 0 atom stereocenters. The number of rotatable bonds is 4. The predicted molar refractivity (Wildman–Crippen MR) is 55.6 cm³/mol. The summed E-state index contributed by atoms with van der Waals surface area (Å²) in [6.07, 6.45) is 0.562. The molecule has 2 nitrogen and oxygen atoms in total. The van der Waals surface area contributed by atoms with Crippen molar-refractivity contribution in [2.45, 2.75) is 6.42 Å². The second-order valence-electron chi connectivity index (χ2n) is 2.89. The quantitative estimate of drug-likeness (QED) is 0.836.